The van der Waals surface area contributed by atoms with Crippen molar-refractivity contribution in [2.24, 2.45) is 5.73 Å². The van der Waals surface area contributed by atoms with Crippen LogP contribution in [0.2, 0.25) is 5.15 Å². The maximum absolute atomic E-state index is 12.8. The molecule has 0 radical (unpaired) electrons. The van der Waals surface area contributed by atoms with Crippen LogP contribution in [0.1, 0.15) is 33.2 Å². The fourth-order valence-corrected chi connectivity index (χ4v) is 3.16. The van der Waals surface area contributed by atoms with Gasteiger partial charge in [0.25, 0.3) is 5.91 Å². The highest BCUT2D eigenvalue weighted by molar-refractivity contribution is 6.33. The SMILES string of the molecule is Cc1nn(Cc2ccccc2)c(Cl)c1C(=O)NC(C(N)=O)c1ccccc1. The molecule has 0 saturated carbocycles. The maximum Gasteiger partial charge on any atom is 0.257 e. The van der Waals surface area contributed by atoms with E-state index in [2.05, 4.69) is 10.4 Å². The smallest absolute Gasteiger partial charge is 0.257 e. The number of nitrogens with two attached hydrogens (primary N) is 1. The van der Waals surface area contributed by atoms with Gasteiger partial charge in [0.05, 0.1) is 17.8 Å². The molecule has 0 saturated heterocycles. The highest BCUT2D eigenvalue weighted by Crippen LogP contribution is 2.22. The van der Waals surface area contributed by atoms with Crippen molar-refractivity contribution < 1.29 is 9.59 Å². The molecule has 0 aliphatic carbocycles. The topological polar surface area (TPSA) is 90.0 Å². The molecule has 0 aliphatic rings. The lowest BCUT2D eigenvalue weighted by atomic mass is 10.1. The van der Waals surface area contributed by atoms with Crippen molar-refractivity contribution >= 4 is 23.4 Å². The second-order valence-corrected chi connectivity index (χ2v) is 6.47. The lowest BCUT2D eigenvalue weighted by molar-refractivity contribution is -0.120. The van der Waals surface area contributed by atoms with Gasteiger partial charge in [-0.25, -0.2) is 4.68 Å². The number of hydrogen-bond acceptors (Lipinski definition) is 3. The van der Waals surface area contributed by atoms with Crippen LogP contribution in [-0.2, 0) is 11.3 Å². The predicted octanol–water partition coefficient (Wildman–Crippen LogP) is 2.85. The van der Waals surface area contributed by atoms with Crippen molar-refractivity contribution in [3.63, 3.8) is 0 Å². The first kappa shape index (κ1) is 18.7. The molecule has 1 heterocycles. The third kappa shape index (κ3) is 4.17. The molecular formula is C20H19ClN4O2. The van der Waals surface area contributed by atoms with Crippen LogP contribution in [0, 0.1) is 6.92 Å². The number of benzene rings is 2. The van der Waals surface area contributed by atoms with Crippen LogP contribution in [0.3, 0.4) is 0 Å². The number of aromatic nitrogens is 2. The van der Waals surface area contributed by atoms with Gasteiger partial charge in [0.1, 0.15) is 11.2 Å². The van der Waals surface area contributed by atoms with Gasteiger partial charge in [-0.1, -0.05) is 72.3 Å². The number of aryl methyl sites for hydroxylation is 1. The van der Waals surface area contributed by atoms with Crippen molar-refractivity contribution in [2.45, 2.75) is 19.5 Å². The number of amides is 2. The van der Waals surface area contributed by atoms with Crippen molar-refractivity contribution in [1.29, 1.82) is 0 Å². The van der Waals surface area contributed by atoms with Gasteiger partial charge < -0.3 is 11.1 Å². The molecule has 7 heteroatoms. The molecule has 2 amide bonds. The Labute approximate surface area is 161 Å². The summed E-state index contributed by atoms with van der Waals surface area (Å²) in [5.74, 6) is -1.15. The number of halogens is 1. The molecule has 6 nitrogen and oxygen atoms in total. The van der Waals surface area contributed by atoms with Crippen molar-refractivity contribution in [3.8, 4) is 0 Å². The number of nitrogens with zero attached hydrogens (tertiary/aromatic N) is 2. The second kappa shape index (κ2) is 8.05. The number of primary amides is 1. The quantitative estimate of drug-likeness (QED) is 0.686. The zero-order valence-electron chi connectivity index (χ0n) is 14.7. The van der Waals surface area contributed by atoms with Crippen molar-refractivity contribution in [3.05, 3.63) is 88.2 Å². The molecule has 0 fully saturated rings. The molecule has 3 rings (SSSR count). The van der Waals surface area contributed by atoms with E-state index in [-0.39, 0.29) is 10.7 Å². The number of carbonyl (C=O) groups is 2. The van der Waals surface area contributed by atoms with E-state index in [1.54, 1.807) is 35.9 Å². The van der Waals surface area contributed by atoms with Gasteiger partial charge in [0.15, 0.2) is 0 Å². The van der Waals surface area contributed by atoms with Crippen LogP contribution < -0.4 is 11.1 Å². The van der Waals surface area contributed by atoms with Gasteiger partial charge >= 0.3 is 0 Å². The molecule has 0 aliphatic heterocycles. The minimum absolute atomic E-state index is 0.213. The average Bonchev–Trinajstić information content (AvgIpc) is 2.94. The van der Waals surface area contributed by atoms with Crippen molar-refractivity contribution in [2.75, 3.05) is 0 Å². The Bertz CT molecular complexity index is 955. The summed E-state index contributed by atoms with van der Waals surface area (Å²) in [5.41, 5.74) is 7.79. The van der Waals surface area contributed by atoms with Crippen LogP contribution in [-0.4, -0.2) is 21.6 Å². The van der Waals surface area contributed by atoms with E-state index in [9.17, 15) is 9.59 Å². The standard InChI is InChI=1S/C20H19ClN4O2/c1-13-16(18(21)25(24-13)12-14-8-4-2-5-9-14)20(27)23-17(19(22)26)15-10-6-3-7-11-15/h2-11,17H,12H2,1H3,(H2,22,26)(H,23,27). The molecule has 0 spiro atoms. The minimum Gasteiger partial charge on any atom is -0.368 e. The Morgan fingerprint density at radius 3 is 2.30 bits per heavy atom. The summed E-state index contributed by atoms with van der Waals surface area (Å²) in [6.07, 6.45) is 0. The van der Waals surface area contributed by atoms with Crippen LogP contribution in [0.5, 0.6) is 0 Å². The van der Waals surface area contributed by atoms with Crippen LogP contribution >= 0.6 is 11.6 Å². The summed E-state index contributed by atoms with van der Waals surface area (Å²) >= 11 is 6.41. The number of carbonyl (C=O) groups excluding carboxylic acids is 2. The van der Waals surface area contributed by atoms with Gasteiger partial charge in [-0.05, 0) is 18.1 Å². The molecule has 1 unspecified atom stereocenters. The third-order valence-electron chi connectivity index (χ3n) is 4.16. The summed E-state index contributed by atoms with van der Waals surface area (Å²) in [7, 11) is 0. The Morgan fingerprint density at radius 2 is 1.70 bits per heavy atom. The normalized spacial score (nSPS) is 11.8. The van der Waals surface area contributed by atoms with E-state index in [4.69, 9.17) is 17.3 Å². The lowest BCUT2D eigenvalue weighted by Crippen LogP contribution is -2.37. The molecule has 138 valence electrons. The zero-order chi connectivity index (χ0) is 19.4. The number of nitrogens with one attached hydrogen (secondary N) is 1. The summed E-state index contributed by atoms with van der Waals surface area (Å²) in [6.45, 7) is 2.13. The molecule has 1 atom stereocenters. The van der Waals surface area contributed by atoms with E-state index in [0.29, 0.717) is 17.8 Å². The fourth-order valence-electron chi connectivity index (χ4n) is 2.84. The average molecular weight is 383 g/mol. The number of hydrogen-bond donors (Lipinski definition) is 2. The second-order valence-electron chi connectivity index (χ2n) is 6.11. The number of rotatable bonds is 6. The summed E-state index contributed by atoms with van der Waals surface area (Å²) < 4.78 is 1.56. The van der Waals surface area contributed by atoms with E-state index >= 15 is 0 Å². The van der Waals surface area contributed by atoms with E-state index < -0.39 is 17.9 Å². The van der Waals surface area contributed by atoms with Crippen LogP contribution in [0.4, 0.5) is 0 Å². The summed E-state index contributed by atoms with van der Waals surface area (Å²) in [5, 5.41) is 7.23. The molecule has 1 aromatic heterocycles. The maximum atomic E-state index is 12.8. The van der Waals surface area contributed by atoms with E-state index in [1.165, 1.54) is 0 Å². The van der Waals surface area contributed by atoms with E-state index in [1.807, 2.05) is 36.4 Å². The minimum atomic E-state index is -0.952. The fraction of sp³-hybridized carbons (Fsp3) is 0.150. The van der Waals surface area contributed by atoms with Gasteiger partial charge in [-0.3, -0.25) is 9.59 Å². The highest BCUT2D eigenvalue weighted by atomic mass is 35.5. The Morgan fingerprint density at radius 1 is 1.11 bits per heavy atom. The van der Waals surface area contributed by atoms with Crippen LogP contribution in [0.15, 0.2) is 60.7 Å². The summed E-state index contributed by atoms with van der Waals surface area (Å²) in [6, 6.07) is 17.5. The third-order valence-corrected chi connectivity index (χ3v) is 4.54. The van der Waals surface area contributed by atoms with Gasteiger partial charge in [0.2, 0.25) is 5.91 Å². The molecule has 0 bridgehead atoms. The Hall–Kier alpha value is -3.12. The first-order valence-corrected chi connectivity index (χ1v) is 8.77. The molecule has 3 aromatic rings. The Balaban J connectivity index is 1.85. The van der Waals surface area contributed by atoms with Gasteiger partial charge in [-0.15, -0.1) is 0 Å². The lowest BCUT2D eigenvalue weighted by Gasteiger charge is -2.15. The predicted molar refractivity (Wildman–Crippen MR) is 103 cm³/mol. The monoisotopic (exact) mass is 382 g/mol. The highest BCUT2D eigenvalue weighted by Gasteiger charge is 2.26. The van der Waals surface area contributed by atoms with Crippen LogP contribution in [0.25, 0.3) is 0 Å². The molecular weight excluding hydrogens is 364 g/mol. The summed E-state index contributed by atoms with van der Waals surface area (Å²) in [4.78, 5) is 24.6. The molecule has 27 heavy (non-hydrogen) atoms. The van der Waals surface area contributed by atoms with Gasteiger partial charge in [0, 0.05) is 0 Å². The molecule has 2 aromatic carbocycles. The van der Waals surface area contributed by atoms with Gasteiger partial charge in [-0.2, -0.15) is 5.10 Å². The molecule has 3 N–H and O–H groups in total. The first-order chi connectivity index (χ1) is 13.0. The zero-order valence-corrected chi connectivity index (χ0v) is 15.5. The van der Waals surface area contributed by atoms with E-state index in [0.717, 1.165) is 5.56 Å². The first-order valence-electron chi connectivity index (χ1n) is 8.39. The Kier molecular flexibility index (Phi) is 5.57. The largest absolute Gasteiger partial charge is 0.368 e. The van der Waals surface area contributed by atoms with Crippen molar-refractivity contribution in [1.82, 2.24) is 15.1 Å².